The highest BCUT2D eigenvalue weighted by molar-refractivity contribution is 6.06. The fourth-order valence-electron chi connectivity index (χ4n) is 5.37. The standard InChI is InChI=1S/C29H32FN5O2/c1-34-17-22(15-32-34)29-25-9-4-3-8-24(25)27(16-31-29)33-28(36)11-10-21-18-35(12-13-37-2)19-26(21)20-6-5-7-23(30)14-20/h3-9,14-17,21,26H,10-13,18-19H2,1-2H3,(H,33,36)/t21-,26+/m1/s1. The van der Waals surface area contributed by atoms with E-state index in [1.165, 1.54) is 6.07 Å². The van der Waals surface area contributed by atoms with Gasteiger partial charge in [-0.25, -0.2) is 4.39 Å². The number of methoxy groups -OCH3 is 1. The van der Waals surface area contributed by atoms with E-state index >= 15 is 0 Å². The molecule has 192 valence electrons. The van der Waals surface area contributed by atoms with Crippen LogP contribution in [0.2, 0.25) is 0 Å². The zero-order chi connectivity index (χ0) is 25.8. The molecule has 3 heterocycles. The first-order valence-electron chi connectivity index (χ1n) is 12.6. The summed E-state index contributed by atoms with van der Waals surface area (Å²) < 4.78 is 21.0. The van der Waals surface area contributed by atoms with Gasteiger partial charge >= 0.3 is 0 Å². The Hall–Kier alpha value is -3.62. The number of benzene rings is 2. The maximum atomic E-state index is 14.0. The van der Waals surface area contributed by atoms with Crippen LogP contribution in [0.15, 0.2) is 67.1 Å². The molecule has 0 aliphatic carbocycles. The second-order valence-corrected chi connectivity index (χ2v) is 9.73. The first-order chi connectivity index (χ1) is 18.0. The monoisotopic (exact) mass is 501 g/mol. The van der Waals surface area contributed by atoms with Crippen molar-refractivity contribution >= 4 is 22.4 Å². The van der Waals surface area contributed by atoms with Crippen LogP contribution in [0.1, 0.15) is 24.3 Å². The van der Waals surface area contributed by atoms with Crippen molar-refractivity contribution in [2.24, 2.45) is 13.0 Å². The Kier molecular flexibility index (Phi) is 7.58. The summed E-state index contributed by atoms with van der Waals surface area (Å²) in [5.74, 6) is 0.168. The lowest BCUT2D eigenvalue weighted by Crippen LogP contribution is -2.25. The van der Waals surface area contributed by atoms with E-state index < -0.39 is 0 Å². The smallest absolute Gasteiger partial charge is 0.224 e. The average Bonchev–Trinajstić information content (AvgIpc) is 3.52. The number of halogens is 1. The van der Waals surface area contributed by atoms with Gasteiger partial charge in [-0.15, -0.1) is 0 Å². The highest BCUT2D eigenvalue weighted by Gasteiger charge is 2.33. The molecule has 1 amide bonds. The second kappa shape index (κ2) is 11.2. The van der Waals surface area contributed by atoms with Gasteiger partial charge in [-0.05, 0) is 30.0 Å². The van der Waals surface area contributed by atoms with Crippen molar-refractivity contribution in [3.05, 3.63) is 78.5 Å². The quantitative estimate of drug-likeness (QED) is 0.355. The van der Waals surface area contributed by atoms with E-state index in [1.54, 1.807) is 36.3 Å². The Bertz CT molecular complexity index is 1390. The van der Waals surface area contributed by atoms with E-state index in [-0.39, 0.29) is 23.6 Å². The number of likely N-dealkylation sites (tertiary alicyclic amines) is 1. The van der Waals surface area contributed by atoms with Crippen LogP contribution in [-0.4, -0.2) is 58.9 Å². The van der Waals surface area contributed by atoms with Crippen molar-refractivity contribution in [3.8, 4) is 11.3 Å². The summed E-state index contributed by atoms with van der Waals surface area (Å²) in [7, 11) is 3.57. The van der Waals surface area contributed by atoms with Crippen LogP contribution >= 0.6 is 0 Å². The molecule has 2 aromatic heterocycles. The third-order valence-corrected chi connectivity index (χ3v) is 7.19. The molecule has 0 radical (unpaired) electrons. The fraction of sp³-hybridized carbons (Fsp3) is 0.345. The van der Waals surface area contributed by atoms with Crippen molar-refractivity contribution < 1.29 is 13.9 Å². The maximum Gasteiger partial charge on any atom is 0.224 e. The molecule has 2 aromatic carbocycles. The Morgan fingerprint density at radius 3 is 2.73 bits per heavy atom. The predicted molar refractivity (Wildman–Crippen MR) is 143 cm³/mol. The lowest BCUT2D eigenvalue weighted by Gasteiger charge is -2.19. The van der Waals surface area contributed by atoms with Crippen LogP contribution < -0.4 is 5.32 Å². The van der Waals surface area contributed by atoms with Crippen molar-refractivity contribution in [1.29, 1.82) is 0 Å². The van der Waals surface area contributed by atoms with Gasteiger partial charge in [0.05, 0.1) is 30.4 Å². The van der Waals surface area contributed by atoms with Crippen molar-refractivity contribution in [2.75, 3.05) is 38.7 Å². The summed E-state index contributed by atoms with van der Waals surface area (Å²) in [5.41, 5.74) is 3.45. The number of hydrogen-bond donors (Lipinski definition) is 1. The minimum Gasteiger partial charge on any atom is -0.383 e. The summed E-state index contributed by atoms with van der Waals surface area (Å²) in [6.45, 7) is 3.18. The number of anilines is 1. The summed E-state index contributed by atoms with van der Waals surface area (Å²) in [6, 6.07) is 14.8. The third kappa shape index (κ3) is 5.70. The van der Waals surface area contributed by atoms with Gasteiger partial charge in [0.1, 0.15) is 5.82 Å². The highest BCUT2D eigenvalue weighted by atomic mass is 19.1. The molecule has 0 bridgehead atoms. The number of amides is 1. The Labute approximate surface area is 216 Å². The molecule has 8 heteroatoms. The minimum atomic E-state index is -0.224. The van der Waals surface area contributed by atoms with Gasteiger partial charge in [-0.1, -0.05) is 36.4 Å². The van der Waals surface area contributed by atoms with Crippen molar-refractivity contribution in [2.45, 2.75) is 18.8 Å². The van der Waals surface area contributed by atoms with E-state index in [2.05, 4.69) is 20.3 Å². The normalized spacial score (nSPS) is 17.9. The number of nitrogens with zero attached hydrogens (tertiary/aromatic N) is 4. The Morgan fingerprint density at radius 1 is 1.14 bits per heavy atom. The summed E-state index contributed by atoms with van der Waals surface area (Å²) in [5, 5.41) is 9.25. The van der Waals surface area contributed by atoms with Gasteiger partial charge in [0, 0.05) is 68.7 Å². The molecule has 0 unspecified atom stereocenters. The Morgan fingerprint density at radius 2 is 1.97 bits per heavy atom. The molecule has 37 heavy (non-hydrogen) atoms. The molecule has 4 aromatic rings. The van der Waals surface area contributed by atoms with E-state index in [1.807, 2.05) is 43.6 Å². The number of fused-ring (bicyclic) bond motifs is 1. The fourth-order valence-corrected chi connectivity index (χ4v) is 5.37. The zero-order valence-corrected chi connectivity index (χ0v) is 21.2. The van der Waals surface area contributed by atoms with E-state index in [4.69, 9.17) is 4.74 Å². The summed E-state index contributed by atoms with van der Waals surface area (Å²) in [6.07, 6.45) is 6.54. The van der Waals surface area contributed by atoms with Gasteiger partial charge in [-0.3, -0.25) is 14.5 Å². The molecule has 5 rings (SSSR count). The summed E-state index contributed by atoms with van der Waals surface area (Å²) >= 11 is 0. The van der Waals surface area contributed by atoms with Gasteiger partial charge in [-0.2, -0.15) is 5.10 Å². The number of nitrogens with one attached hydrogen (secondary N) is 1. The van der Waals surface area contributed by atoms with Gasteiger partial charge in [0.15, 0.2) is 0 Å². The number of aromatic nitrogens is 3. The number of carbonyl (C=O) groups is 1. The van der Waals surface area contributed by atoms with E-state index in [0.717, 1.165) is 53.6 Å². The van der Waals surface area contributed by atoms with Crippen LogP contribution in [0.25, 0.3) is 22.0 Å². The molecule has 1 aliphatic heterocycles. The highest BCUT2D eigenvalue weighted by Crippen LogP contribution is 2.36. The molecule has 1 fully saturated rings. The SMILES string of the molecule is COCCN1C[C@@H](CCC(=O)Nc2cnc(-c3cnn(C)c3)c3ccccc23)[C@H](c2cccc(F)c2)C1. The third-order valence-electron chi connectivity index (χ3n) is 7.19. The van der Waals surface area contributed by atoms with Gasteiger partial charge in [0.25, 0.3) is 0 Å². The lowest BCUT2D eigenvalue weighted by atomic mass is 9.86. The maximum absolute atomic E-state index is 14.0. The van der Waals surface area contributed by atoms with E-state index in [9.17, 15) is 9.18 Å². The predicted octanol–water partition coefficient (Wildman–Crippen LogP) is 4.86. The number of carbonyl (C=O) groups excluding carboxylic acids is 1. The first kappa shape index (κ1) is 25.0. The molecule has 0 saturated carbocycles. The van der Waals surface area contributed by atoms with Crippen LogP contribution in [0.4, 0.5) is 10.1 Å². The molecule has 0 spiro atoms. The minimum absolute atomic E-state index is 0.0468. The molecule has 7 nitrogen and oxygen atoms in total. The number of pyridine rings is 1. The van der Waals surface area contributed by atoms with Crippen molar-refractivity contribution in [1.82, 2.24) is 19.7 Å². The zero-order valence-electron chi connectivity index (χ0n) is 21.2. The van der Waals surface area contributed by atoms with Gasteiger partial charge < -0.3 is 15.0 Å². The van der Waals surface area contributed by atoms with Crippen LogP contribution in [0.5, 0.6) is 0 Å². The first-order valence-corrected chi connectivity index (χ1v) is 12.6. The molecular formula is C29H32FN5O2. The van der Waals surface area contributed by atoms with Gasteiger partial charge in [0.2, 0.25) is 5.91 Å². The topological polar surface area (TPSA) is 72.3 Å². The van der Waals surface area contributed by atoms with E-state index in [0.29, 0.717) is 18.7 Å². The van der Waals surface area contributed by atoms with Crippen LogP contribution in [-0.2, 0) is 16.6 Å². The number of rotatable bonds is 9. The second-order valence-electron chi connectivity index (χ2n) is 9.73. The molecule has 2 atom stereocenters. The van der Waals surface area contributed by atoms with Crippen LogP contribution in [0.3, 0.4) is 0 Å². The summed E-state index contributed by atoms with van der Waals surface area (Å²) in [4.78, 5) is 20.1. The largest absolute Gasteiger partial charge is 0.383 e. The molecule has 1 saturated heterocycles. The number of aryl methyl sites for hydroxylation is 1. The van der Waals surface area contributed by atoms with Crippen LogP contribution in [0, 0.1) is 11.7 Å². The lowest BCUT2D eigenvalue weighted by molar-refractivity contribution is -0.116. The number of hydrogen-bond acceptors (Lipinski definition) is 5. The molecule has 1 aliphatic rings. The number of ether oxygens (including phenoxy) is 1. The molecular weight excluding hydrogens is 469 g/mol. The Balaban J connectivity index is 1.30. The van der Waals surface area contributed by atoms with Crippen molar-refractivity contribution in [3.63, 3.8) is 0 Å². The average molecular weight is 502 g/mol. The molecule has 1 N–H and O–H groups in total.